The highest BCUT2D eigenvalue weighted by molar-refractivity contribution is 5.85. The summed E-state index contributed by atoms with van der Waals surface area (Å²) in [4.78, 5) is 25.2. The Hall–Kier alpha value is -1.10. The second kappa shape index (κ2) is 7.48. The Morgan fingerprint density at radius 2 is 1.95 bits per heavy atom. The molecule has 4 N–H and O–H groups in total. The zero-order valence-corrected chi connectivity index (χ0v) is 12.1. The molecule has 1 fully saturated rings. The van der Waals surface area contributed by atoms with Crippen LogP contribution in [0.1, 0.15) is 46.0 Å². The monoisotopic (exact) mass is 269 g/mol. The van der Waals surface area contributed by atoms with E-state index in [9.17, 15) is 9.59 Å². The molecule has 3 atom stereocenters. The smallest absolute Gasteiger partial charge is 0.237 e. The summed E-state index contributed by atoms with van der Waals surface area (Å²) in [6.07, 6.45) is 4.46. The largest absolute Gasteiger partial charge is 0.368 e. The minimum atomic E-state index is -0.447. The summed E-state index contributed by atoms with van der Waals surface area (Å²) < 4.78 is 0. The minimum absolute atomic E-state index is 0.0267. The van der Waals surface area contributed by atoms with Crippen molar-refractivity contribution in [3.8, 4) is 0 Å². The molecule has 0 heterocycles. The highest BCUT2D eigenvalue weighted by Gasteiger charge is 2.32. The fourth-order valence-corrected chi connectivity index (χ4v) is 2.92. The van der Waals surface area contributed by atoms with E-state index in [0.29, 0.717) is 12.5 Å². The summed E-state index contributed by atoms with van der Waals surface area (Å²) in [7, 11) is 0. The lowest BCUT2D eigenvalue weighted by atomic mass is 9.79. The van der Waals surface area contributed by atoms with Crippen LogP contribution in [0.3, 0.4) is 0 Å². The quantitative estimate of drug-likeness (QED) is 0.749. The van der Waals surface area contributed by atoms with Crippen molar-refractivity contribution in [1.82, 2.24) is 4.90 Å². The van der Waals surface area contributed by atoms with Gasteiger partial charge >= 0.3 is 0 Å². The molecule has 0 bridgehead atoms. The first-order valence-corrected chi connectivity index (χ1v) is 7.26. The van der Waals surface area contributed by atoms with Gasteiger partial charge in [-0.1, -0.05) is 20.3 Å². The Balaban J connectivity index is 2.65. The van der Waals surface area contributed by atoms with E-state index in [2.05, 4.69) is 13.8 Å². The molecule has 5 heteroatoms. The van der Waals surface area contributed by atoms with Crippen LogP contribution >= 0.6 is 0 Å². The lowest BCUT2D eigenvalue weighted by Gasteiger charge is -2.33. The highest BCUT2D eigenvalue weighted by Crippen LogP contribution is 2.29. The van der Waals surface area contributed by atoms with Crippen LogP contribution in [0.15, 0.2) is 0 Å². The summed E-state index contributed by atoms with van der Waals surface area (Å²) in [5, 5.41) is 0. The molecule has 1 saturated carbocycles. The Morgan fingerprint density at radius 3 is 2.47 bits per heavy atom. The SMILES string of the molecule is CCCCN(CC(N)=O)C(=O)C1CC(C)CC(N)C1. The molecule has 0 aromatic heterocycles. The molecule has 1 aliphatic carbocycles. The van der Waals surface area contributed by atoms with Crippen LogP contribution in [0.4, 0.5) is 0 Å². The van der Waals surface area contributed by atoms with Gasteiger partial charge in [-0.15, -0.1) is 0 Å². The van der Waals surface area contributed by atoms with Gasteiger partial charge in [0.25, 0.3) is 0 Å². The zero-order valence-electron chi connectivity index (χ0n) is 12.1. The van der Waals surface area contributed by atoms with E-state index in [1.54, 1.807) is 4.90 Å². The van der Waals surface area contributed by atoms with Gasteiger partial charge in [0.05, 0.1) is 6.54 Å². The standard InChI is InChI=1S/C14H27N3O2/c1-3-4-5-17(9-13(16)18)14(19)11-6-10(2)7-12(15)8-11/h10-12H,3-9,15H2,1-2H3,(H2,16,18). The van der Waals surface area contributed by atoms with Gasteiger partial charge in [0.15, 0.2) is 0 Å². The third-order valence-corrected chi connectivity index (χ3v) is 3.77. The van der Waals surface area contributed by atoms with Gasteiger partial charge in [0.2, 0.25) is 11.8 Å². The molecule has 110 valence electrons. The van der Waals surface area contributed by atoms with E-state index in [-0.39, 0.29) is 24.4 Å². The maximum Gasteiger partial charge on any atom is 0.237 e. The summed E-state index contributed by atoms with van der Waals surface area (Å²) in [6.45, 7) is 4.83. The van der Waals surface area contributed by atoms with Crippen LogP contribution in [-0.4, -0.2) is 35.8 Å². The van der Waals surface area contributed by atoms with E-state index in [1.807, 2.05) is 0 Å². The predicted octanol–water partition coefficient (Wildman–Crippen LogP) is 0.864. The van der Waals surface area contributed by atoms with Crippen molar-refractivity contribution in [3.63, 3.8) is 0 Å². The molecular formula is C14H27N3O2. The van der Waals surface area contributed by atoms with Crippen LogP contribution in [0.25, 0.3) is 0 Å². The van der Waals surface area contributed by atoms with Crippen LogP contribution in [0, 0.1) is 11.8 Å². The van der Waals surface area contributed by atoms with Crippen molar-refractivity contribution in [1.29, 1.82) is 0 Å². The van der Waals surface area contributed by atoms with E-state index < -0.39 is 5.91 Å². The third kappa shape index (κ3) is 5.19. The van der Waals surface area contributed by atoms with Crippen molar-refractivity contribution in [2.75, 3.05) is 13.1 Å². The Bertz CT molecular complexity index is 310. The van der Waals surface area contributed by atoms with Gasteiger partial charge < -0.3 is 16.4 Å². The number of amides is 2. The van der Waals surface area contributed by atoms with Crippen molar-refractivity contribution in [3.05, 3.63) is 0 Å². The lowest BCUT2D eigenvalue weighted by molar-refractivity contribution is -0.140. The first kappa shape index (κ1) is 16.0. The summed E-state index contributed by atoms with van der Waals surface area (Å²) in [5.74, 6) is 0.0288. The average Bonchev–Trinajstić information content (AvgIpc) is 2.32. The molecule has 5 nitrogen and oxygen atoms in total. The number of primary amides is 1. The van der Waals surface area contributed by atoms with Gasteiger partial charge in [0, 0.05) is 18.5 Å². The fraction of sp³-hybridized carbons (Fsp3) is 0.857. The van der Waals surface area contributed by atoms with Crippen molar-refractivity contribution < 1.29 is 9.59 Å². The first-order chi connectivity index (χ1) is 8.93. The van der Waals surface area contributed by atoms with E-state index in [0.717, 1.165) is 32.1 Å². The van der Waals surface area contributed by atoms with E-state index in [1.165, 1.54) is 0 Å². The number of rotatable bonds is 6. The number of nitrogens with zero attached hydrogens (tertiary/aromatic N) is 1. The molecule has 0 aliphatic heterocycles. The topological polar surface area (TPSA) is 89.4 Å². The van der Waals surface area contributed by atoms with Gasteiger partial charge in [-0.2, -0.15) is 0 Å². The molecule has 2 amide bonds. The van der Waals surface area contributed by atoms with Gasteiger partial charge in [-0.3, -0.25) is 9.59 Å². The number of hydrogen-bond donors (Lipinski definition) is 2. The predicted molar refractivity (Wildman–Crippen MR) is 75.2 cm³/mol. The summed E-state index contributed by atoms with van der Waals surface area (Å²) >= 11 is 0. The average molecular weight is 269 g/mol. The molecular weight excluding hydrogens is 242 g/mol. The zero-order chi connectivity index (χ0) is 14.4. The van der Waals surface area contributed by atoms with Crippen LogP contribution in [0.5, 0.6) is 0 Å². The van der Waals surface area contributed by atoms with E-state index in [4.69, 9.17) is 11.5 Å². The molecule has 1 rings (SSSR count). The Kier molecular flexibility index (Phi) is 6.28. The third-order valence-electron chi connectivity index (χ3n) is 3.77. The molecule has 0 aromatic rings. The van der Waals surface area contributed by atoms with Crippen molar-refractivity contribution in [2.45, 2.75) is 52.0 Å². The lowest BCUT2D eigenvalue weighted by Crippen LogP contribution is -2.45. The molecule has 0 saturated heterocycles. The van der Waals surface area contributed by atoms with Crippen LogP contribution in [-0.2, 0) is 9.59 Å². The summed E-state index contributed by atoms with van der Waals surface area (Å²) in [5.41, 5.74) is 11.2. The second-order valence-electron chi connectivity index (χ2n) is 5.85. The number of carbonyl (C=O) groups excluding carboxylic acids is 2. The number of nitrogens with two attached hydrogens (primary N) is 2. The first-order valence-electron chi connectivity index (χ1n) is 7.26. The maximum atomic E-state index is 12.5. The number of unbranched alkanes of at least 4 members (excludes halogenated alkanes) is 1. The fourth-order valence-electron chi connectivity index (χ4n) is 2.92. The Morgan fingerprint density at radius 1 is 1.26 bits per heavy atom. The van der Waals surface area contributed by atoms with Crippen molar-refractivity contribution >= 4 is 11.8 Å². The van der Waals surface area contributed by atoms with Gasteiger partial charge in [0.1, 0.15) is 0 Å². The Labute approximate surface area is 115 Å². The number of hydrogen-bond acceptors (Lipinski definition) is 3. The summed E-state index contributed by atoms with van der Waals surface area (Å²) in [6, 6.07) is 0.0966. The number of carbonyl (C=O) groups is 2. The van der Waals surface area contributed by atoms with Gasteiger partial charge in [-0.05, 0) is 31.6 Å². The second-order valence-corrected chi connectivity index (χ2v) is 5.85. The van der Waals surface area contributed by atoms with Crippen LogP contribution < -0.4 is 11.5 Å². The normalized spacial score (nSPS) is 27.0. The molecule has 1 aliphatic rings. The van der Waals surface area contributed by atoms with E-state index >= 15 is 0 Å². The molecule has 0 spiro atoms. The van der Waals surface area contributed by atoms with Crippen LogP contribution in [0.2, 0.25) is 0 Å². The molecule has 19 heavy (non-hydrogen) atoms. The molecule has 0 radical (unpaired) electrons. The van der Waals surface area contributed by atoms with Crippen molar-refractivity contribution in [2.24, 2.45) is 23.3 Å². The molecule has 3 unspecified atom stereocenters. The maximum absolute atomic E-state index is 12.5. The van der Waals surface area contributed by atoms with Gasteiger partial charge in [-0.25, -0.2) is 0 Å². The minimum Gasteiger partial charge on any atom is -0.368 e. The molecule has 0 aromatic carbocycles. The highest BCUT2D eigenvalue weighted by atomic mass is 16.2.